The van der Waals surface area contributed by atoms with Crippen LogP contribution in [0.15, 0.2) is 70.3 Å². The third kappa shape index (κ3) is 5.50. The smallest absolute Gasteiger partial charge is 0.248 e. The van der Waals surface area contributed by atoms with Crippen molar-refractivity contribution in [1.29, 1.82) is 0 Å². The highest BCUT2D eigenvalue weighted by atomic mass is 16.3. The number of aryl methyl sites for hydroxylation is 2. The Morgan fingerprint density at radius 2 is 1.14 bits per heavy atom. The van der Waals surface area contributed by atoms with Gasteiger partial charge >= 0.3 is 0 Å². The third-order valence-corrected chi connectivity index (χ3v) is 9.06. The summed E-state index contributed by atoms with van der Waals surface area (Å²) >= 11 is 0. The van der Waals surface area contributed by atoms with Gasteiger partial charge < -0.3 is 30.4 Å². The molecule has 0 saturated carbocycles. The van der Waals surface area contributed by atoms with Gasteiger partial charge in [0, 0.05) is 42.0 Å². The summed E-state index contributed by atoms with van der Waals surface area (Å²) in [5.41, 5.74) is 6.16. The van der Waals surface area contributed by atoms with Crippen LogP contribution in [0.25, 0.3) is 21.8 Å². The summed E-state index contributed by atoms with van der Waals surface area (Å²) in [5, 5.41) is 45.1. The number of aromatic amines is 2. The van der Waals surface area contributed by atoms with Gasteiger partial charge in [-0.25, -0.2) is 0 Å². The summed E-state index contributed by atoms with van der Waals surface area (Å²) in [6.45, 7) is 4.69. The zero-order chi connectivity index (χ0) is 31.1. The summed E-state index contributed by atoms with van der Waals surface area (Å²) in [6.07, 6.45) is 1.44. The maximum atomic E-state index is 12.0. The van der Waals surface area contributed by atoms with Crippen molar-refractivity contribution >= 4 is 21.8 Å². The Hall–Kier alpha value is -4.44. The molecule has 0 aliphatic heterocycles. The van der Waals surface area contributed by atoms with E-state index in [-0.39, 0.29) is 52.8 Å². The normalized spacial score (nSPS) is 14.8. The largest absolute Gasteiger partial charge is 0.506 e. The van der Waals surface area contributed by atoms with Crippen molar-refractivity contribution in [2.75, 3.05) is 13.1 Å². The molecule has 0 amide bonds. The Morgan fingerprint density at radius 3 is 1.55 bits per heavy atom. The molecule has 0 spiro atoms. The summed E-state index contributed by atoms with van der Waals surface area (Å²) in [6, 6.07) is 16.8. The average Bonchev–Trinajstić information content (AvgIpc) is 3.43. The van der Waals surface area contributed by atoms with Crippen molar-refractivity contribution in [2.24, 2.45) is 0 Å². The standard InChI is InChI=1S/C35H37N3O6/c1-3-19-13-21-15-23(16-22(21)14-20(19)4-2)38(17-30(41)24-5-9-28(39)34-26(24)7-11-32(43)36-34)18-31(42)25-6-10-29(40)35-27(25)8-12-33(44)37-35/h5-14,23,30-31,39-42H,3-4,15-18H2,1-2H3,(H,36,43)(H,37,44). The second-order valence-corrected chi connectivity index (χ2v) is 11.7. The number of hydrogen-bond acceptors (Lipinski definition) is 7. The zero-order valence-electron chi connectivity index (χ0n) is 24.8. The van der Waals surface area contributed by atoms with E-state index in [0.29, 0.717) is 21.9 Å². The Labute approximate surface area is 254 Å². The third-order valence-electron chi connectivity index (χ3n) is 9.06. The lowest BCUT2D eigenvalue weighted by atomic mass is 9.97. The highest BCUT2D eigenvalue weighted by Gasteiger charge is 2.32. The molecule has 2 aromatic heterocycles. The fraction of sp³-hybridized carbons (Fsp3) is 0.314. The molecule has 6 rings (SSSR count). The molecule has 0 fully saturated rings. The molecule has 0 radical (unpaired) electrons. The number of aromatic nitrogens is 2. The number of rotatable bonds is 9. The van der Waals surface area contributed by atoms with E-state index in [9.17, 15) is 30.0 Å². The van der Waals surface area contributed by atoms with Gasteiger partial charge in [-0.15, -0.1) is 0 Å². The lowest BCUT2D eigenvalue weighted by molar-refractivity contribution is 0.0470. The molecule has 1 aliphatic rings. The van der Waals surface area contributed by atoms with E-state index < -0.39 is 12.2 Å². The van der Waals surface area contributed by atoms with Crippen LogP contribution < -0.4 is 11.1 Å². The number of aromatic hydroxyl groups is 2. The second kappa shape index (κ2) is 11.9. The predicted octanol–water partition coefficient (Wildman–Crippen LogP) is 4.14. The van der Waals surface area contributed by atoms with Crippen molar-refractivity contribution in [3.8, 4) is 11.5 Å². The predicted molar refractivity (Wildman–Crippen MR) is 170 cm³/mol. The first kappa shape index (κ1) is 29.6. The van der Waals surface area contributed by atoms with E-state index in [1.165, 1.54) is 46.5 Å². The van der Waals surface area contributed by atoms with Gasteiger partial charge in [-0.05, 0) is 83.3 Å². The number of phenols is 2. The minimum Gasteiger partial charge on any atom is -0.506 e. The maximum Gasteiger partial charge on any atom is 0.248 e. The van der Waals surface area contributed by atoms with E-state index in [2.05, 4.69) is 40.8 Å². The van der Waals surface area contributed by atoms with Gasteiger partial charge in [-0.2, -0.15) is 0 Å². The minimum absolute atomic E-state index is 0.00233. The Balaban J connectivity index is 1.36. The quantitative estimate of drug-likeness (QED) is 0.150. The Morgan fingerprint density at radius 1 is 0.705 bits per heavy atom. The molecule has 6 N–H and O–H groups in total. The van der Waals surface area contributed by atoms with Crippen LogP contribution in [-0.4, -0.2) is 54.4 Å². The van der Waals surface area contributed by atoms with Crippen LogP contribution in [0.3, 0.4) is 0 Å². The zero-order valence-corrected chi connectivity index (χ0v) is 24.8. The molecule has 0 bridgehead atoms. The van der Waals surface area contributed by atoms with Gasteiger partial charge in [0.15, 0.2) is 0 Å². The molecular formula is C35H37N3O6. The lowest BCUT2D eigenvalue weighted by Crippen LogP contribution is -2.41. The lowest BCUT2D eigenvalue weighted by Gasteiger charge is -2.33. The van der Waals surface area contributed by atoms with Crippen LogP contribution in [-0.2, 0) is 25.7 Å². The monoisotopic (exact) mass is 595 g/mol. The Kier molecular flexibility index (Phi) is 8.02. The van der Waals surface area contributed by atoms with Crippen LogP contribution in [0.2, 0.25) is 0 Å². The van der Waals surface area contributed by atoms with E-state index >= 15 is 0 Å². The summed E-state index contributed by atoms with van der Waals surface area (Å²) in [4.78, 5) is 31.3. The minimum atomic E-state index is -0.995. The summed E-state index contributed by atoms with van der Waals surface area (Å²) in [5.74, 6) is -0.161. The average molecular weight is 596 g/mol. The van der Waals surface area contributed by atoms with Crippen molar-refractivity contribution in [2.45, 2.75) is 57.8 Å². The SMILES string of the molecule is CCc1cc2c(cc1CC)CC(N(CC(O)c1ccc(O)c3[nH]c(=O)ccc13)CC(O)c1ccc(O)c3[nH]c(=O)ccc13)C2. The van der Waals surface area contributed by atoms with Crippen LogP contribution in [0.4, 0.5) is 0 Å². The first-order valence-electron chi connectivity index (χ1n) is 15.1. The van der Waals surface area contributed by atoms with Crippen molar-refractivity contribution in [1.82, 2.24) is 14.9 Å². The highest BCUT2D eigenvalue weighted by Crippen LogP contribution is 2.35. The number of hydrogen-bond donors (Lipinski definition) is 6. The number of H-pyrrole nitrogens is 2. The molecule has 9 heteroatoms. The molecule has 1 aliphatic carbocycles. The number of aliphatic hydroxyl groups excluding tert-OH is 2. The number of aliphatic hydroxyl groups is 2. The van der Waals surface area contributed by atoms with Gasteiger partial charge in [0.25, 0.3) is 0 Å². The van der Waals surface area contributed by atoms with Gasteiger partial charge in [0.1, 0.15) is 11.5 Å². The molecular weight excluding hydrogens is 558 g/mol. The molecule has 2 unspecified atom stereocenters. The molecule has 5 aromatic rings. The molecule has 3 aromatic carbocycles. The molecule has 228 valence electrons. The number of nitrogens with one attached hydrogen (secondary N) is 2. The van der Waals surface area contributed by atoms with Crippen molar-refractivity contribution in [3.63, 3.8) is 0 Å². The molecule has 2 heterocycles. The first-order chi connectivity index (χ1) is 21.2. The van der Waals surface area contributed by atoms with Crippen LogP contribution in [0.1, 0.15) is 59.4 Å². The van der Waals surface area contributed by atoms with Crippen LogP contribution in [0, 0.1) is 0 Å². The number of nitrogens with zero attached hydrogens (tertiary/aromatic N) is 1. The van der Waals surface area contributed by atoms with Crippen molar-refractivity contribution < 1.29 is 20.4 Å². The van der Waals surface area contributed by atoms with Crippen LogP contribution >= 0.6 is 0 Å². The summed E-state index contributed by atoms with van der Waals surface area (Å²) < 4.78 is 0. The van der Waals surface area contributed by atoms with Gasteiger partial charge in [-0.1, -0.05) is 38.1 Å². The molecule has 2 atom stereocenters. The topological polar surface area (TPSA) is 150 Å². The van der Waals surface area contributed by atoms with E-state index in [0.717, 1.165) is 25.7 Å². The second-order valence-electron chi connectivity index (χ2n) is 11.7. The summed E-state index contributed by atoms with van der Waals surface area (Å²) in [7, 11) is 0. The van der Waals surface area contributed by atoms with Gasteiger partial charge in [0.05, 0.1) is 23.2 Å². The number of fused-ring (bicyclic) bond motifs is 3. The van der Waals surface area contributed by atoms with E-state index in [1.54, 1.807) is 24.3 Å². The number of benzene rings is 3. The number of pyridine rings is 2. The molecule has 0 saturated heterocycles. The fourth-order valence-electron chi connectivity index (χ4n) is 6.78. The van der Waals surface area contributed by atoms with Gasteiger partial charge in [-0.3, -0.25) is 14.5 Å². The molecule has 9 nitrogen and oxygen atoms in total. The Bertz CT molecular complexity index is 1840. The van der Waals surface area contributed by atoms with Gasteiger partial charge in [0.2, 0.25) is 11.1 Å². The fourth-order valence-corrected chi connectivity index (χ4v) is 6.78. The van der Waals surface area contributed by atoms with Crippen molar-refractivity contribution in [3.05, 3.63) is 115 Å². The maximum absolute atomic E-state index is 12.0. The number of phenolic OH excluding ortho intramolecular Hbond substituents is 2. The highest BCUT2D eigenvalue weighted by molar-refractivity contribution is 5.88. The van der Waals surface area contributed by atoms with E-state index in [4.69, 9.17) is 0 Å². The van der Waals surface area contributed by atoms with E-state index in [1.807, 2.05) is 0 Å². The molecule has 44 heavy (non-hydrogen) atoms. The first-order valence-corrected chi connectivity index (χ1v) is 15.1. The van der Waals surface area contributed by atoms with Crippen LogP contribution in [0.5, 0.6) is 11.5 Å².